The van der Waals surface area contributed by atoms with Crippen molar-refractivity contribution in [3.8, 4) is 17.2 Å². The van der Waals surface area contributed by atoms with Gasteiger partial charge in [-0.2, -0.15) is 0 Å². The number of benzene rings is 2. The lowest BCUT2D eigenvalue weighted by atomic mass is 9.94. The zero-order valence-electron chi connectivity index (χ0n) is 29.3. The molecule has 3 amide bonds. The number of nitrogens with zero attached hydrogens (tertiary/aromatic N) is 3. The van der Waals surface area contributed by atoms with Crippen LogP contribution >= 0.6 is 0 Å². The summed E-state index contributed by atoms with van der Waals surface area (Å²) in [5.74, 6) is -1.39. The average Bonchev–Trinajstić information content (AvgIpc) is 3.10. The molecule has 0 spiro atoms. The molecule has 1 aliphatic heterocycles. The largest absolute Gasteiger partial charge is 0.573 e. The second-order valence-corrected chi connectivity index (χ2v) is 14.4. The van der Waals surface area contributed by atoms with E-state index in [1.807, 2.05) is 20.8 Å². The SMILES string of the molecule is CC(C)(C)NC(=O)c1nc(N)c(C=O)nc1N.CNCCC(=O)N1CCC(C(=O)NO)(S(=O)c2ccc(Oc3ccc(OC(F)(F)F)cc3)cc2)CC1. The normalized spacial score (nSPS) is 14.5. The third-order valence-electron chi connectivity index (χ3n) is 7.51. The van der Waals surface area contributed by atoms with Gasteiger partial charge in [0.15, 0.2) is 23.6 Å². The first-order valence-corrected chi connectivity index (χ1v) is 17.1. The number of nitrogens with two attached hydrogens (primary N) is 2. The summed E-state index contributed by atoms with van der Waals surface area (Å²) < 4.78 is 58.3. The lowest BCUT2D eigenvalue weighted by molar-refractivity contribution is -0.274. The van der Waals surface area contributed by atoms with Gasteiger partial charge < -0.3 is 36.5 Å². The Hall–Kier alpha value is -5.34. The number of halogens is 3. The maximum absolute atomic E-state index is 13.5. The lowest BCUT2D eigenvalue weighted by Crippen LogP contribution is -2.56. The molecule has 1 fully saturated rings. The predicted molar refractivity (Wildman–Crippen MR) is 187 cm³/mol. The van der Waals surface area contributed by atoms with E-state index in [0.29, 0.717) is 29.9 Å². The topological polar surface area (TPSA) is 241 Å². The maximum Gasteiger partial charge on any atom is 0.573 e. The van der Waals surface area contributed by atoms with Crippen molar-refractivity contribution in [2.45, 2.75) is 61.6 Å². The zero-order valence-corrected chi connectivity index (χ0v) is 30.1. The number of aromatic nitrogens is 2. The van der Waals surface area contributed by atoms with Gasteiger partial charge in [-0.1, -0.05) is 0 Å². The van der Waals surface area contributed by atoms with Crippen LogP contribution in [-0.2, 0) is 20.4 Å². The molecule has 1 unspecified atom stereocenters. The standard InChI is InChI=1S/C23H26F3N3O6S.C10H15N5O2/c1-27-13-10-20(30)29-14-11-22(12-15-29,21(31)28-32)36(33)19-8-6-17(7-9-19)34-16-2-4-18(5-3-16)35-23(24,25)26;1-10(2,3)15-9(17)6-8(12)13-5(4-16)7(11)14-6/h2-9,27,32H,10-15H2,1H3,(H,28,31);4H,1-3H3,(H2,11,14)(H2,12,13)(H,15,17). The number of hydrogen-bond acceptors (Lipinski definition) is 13. The second kappa shape index (κ2) is 17.9. The fourth-order valence-corrected chi connectivity index (χ4v) is 6.54. The summed E-state index contributed by atoms with van der Waals surface area (Å²) in [7, 11) is -0.122. The van der Waals surface area contributed by atoms with Gasteiger partial charge >= 0.3 is 6.36 Å². The number of anilines is 2. The second-order valence-electron chi connectivity index (χ2n) is 12.6. The fraction of sp³-hybridized carbons (Fsp3) is 0.394. The molecule has 53 heavy (non-hydrogen) atoms. The van der Waals surface area contributed by atoms with Crippen molar-refractivity contribution < 1.29 is 51.2 Å². The van der Waals surface area contributed by atoms with E-state index in [1.165, 1.54) is 36.4 Å². The van der Waals surface area contributed by atoms with Crippen molar-refractivity contribution >= 4 is 46.4 Å². The number of ether oxygens (including phenoxy) is 2. The minimum Gasteiger partial charge on any atom is -0.457 e. The number of rotatable bonds is 11. The molecule has 8 N–H and O–H groups in total. The Morgan fingerprint density at radius 2 is 1.51 bits per heavy atom. The molecule has 0 radical (unpaired) electrons. The molecular weight excluding hydrogens is 725 g/mol. The summed E-state index contributed by atoms with van der Waals surface area (Å²) in [5, 5.41) is 14.9. The Bertz CT molecular complexity index is 1780. The number of likely N-dealkylation sites (tertiary alicyclic amines) is 1. The van der Waals surface area contributed by atoms with Gasteiger partial charge in [-0.25, -0.2) is 15.4 Å². The van der Waals surface area contributed by atoms with E-state index in [2.05, 4.69) is 25.3 Å². The Balaban J connectivity index is 0.000000372. The van der Waals surface area contributed by atoms with Gasteiger partial charge in [0, 0.05) is 36.5 Å². The highest BCUT2D eigenvalue weighted by Gasteiger charge is 2.48. The molecule has 20 heteroatoms. The van der Waals surface area contributed by atoms with Crippen LogP contribution in [0.4, 0.5) is 24.8 Å². The number of piperidine rings is 1. The van der Waals surface area contributed by atoms with Gasteiger partial charge in [-0.05, 0) is 89.2 Å². The Morgan fingerprint density at radius 3 is 2.00 bits per heavy atom. The van der Waals surface area contributed by atoms with Crippen LogP contribution in [0.15, 0.2) is 53.4 Å². The van der Waals surface area contributed by atoms with E-state index in [-0.39, 0.29) is 66.4 Å². The minimum atomic E-state index is -4.79. The number of hydrogen-bond donors (Lipinski definition) is 6. The molecule has 4 rings (SSSR count). The Kier molecular flexibility index (Phi) is 14.2. The molecule has 2 aromatic carbocycles. The van der Waals surface area contributed by atoms with Crippen molar-refractivity contribution in [2.24, 2.45) is 0 Å². The summed E-state index contributed by atoms with van der Waals surface area (Å²) in [6, 6.07) is 10.9. The van der Waals surface area contributed by atoms with Crippen molar-refractivity contribution in [3.05, 3.63) is 59.9 Å². The van der Waals surface area contributed by atoms with Crippen molar-refractivity contribution in [3.63, 3.8) is 0 Å². The highest BCUT2D eigenvalue weighted by atomic mass is 32.2. The molecule has 1 aliphatic rings. The molecule has 0 saturated carbocycles. The maximum atomic E-state index is 13.5. The summed E-state index contributed by atoms with van der Waals surface area (Å²) in [4.78, 5) is 56.7. The van der Waals surface area contributed by atoms with Crippen molar-refractivity contribution in [1.82, 2.24) is 31.0 Å². The molecular formula is C33H41F3N8O8S. The summed E-state index contributed by atoms with van der Waals surface area (Å²) in [5.41, 5.74) is 12.0. The summed E-state index contributed by atoms with van der Waals surface area (Å²) in [6.45, 7) is 6.41. The smallest absolute Gasteiger partial charge is 0.457 e. The molecule has 2 heterocycles. The fourth-order valence-electron chi connectivity index (χ4n) is 4.94. The Morgan fingerprint density at radius 1 is 0.962 bits per heavy atom. The molecule has 0 bridgehead atoms. The van der Waals surface area contributed by atoms with Gasteiger partial charge in [0.05, 0.1) is 10.8 Å². The molecule has 1 atom stereocenters. The molecule has 1 saturated heterocycles. The average molecular weight is 767 g/mol. The first-order chi connectivity index (χ1) is 24.8. The lowest BCUT2D eigenvalue weighted by Gasteiger charge is -2.39. The van der Waals surface area contributed by atoms with Crippen molar-refractivity contribution in [1.29, 1.82) is 0 Å². The third kappa shape index (κ3) is 11.8. The number of amides is 3. The first-order valence-electron chi connectivity index (χ1n) is 16.0. The van der Waals surface area contributed by atoms with Gasteiger partial charge in [-0.3, -0.25) is 28.6 Å². The van der Waals surface area contributed by atoms with E-state index < -0.39 is 39.3 Å². The zero-order chi connectivity index (χ0) is 39.6. The van der Waals surface area contributed by atoms with E-state index in [4.69, 9.17) is 16.2 Å². The van der Waals surface area contributed by atoms with Crippen LogP contribution in [0.1, 0.15) is 61.0 Å². The van der Waals surface area contributed by atoms with Gasteiger partial charge in [-0.15, -0.1) is 13.2 Å². The molecule has 288 valence electrons. The van der Waals surface area contributed by atoms with Crippen LogP contribution in [0, 0.1) is 0 Å². The minimum absolute atomic E-state index is 0.0743. The van der Waals surface area contributed by atoms with Crippen LogP contribution in [0.25, 0.3) is 0 Å². The molecule has 16 nitrogen and oxygen atoms in total. The van der Waals surface area contributed by atoms with Gasteiger partial charge in [0.2, 0.25) is 5.91 Å². The van der Waals surface area contributed by atoms with Crippen LogP contribution in [0.3, 0.4) is 0 Å². The number of nitrogen functional groups attached to an aromatic ring is 2. The number of carbonyl (C=O) groups excluding carboxylic acids is 4. The van der Waals surface area contributed by atoms with E-state index in [0.717, 1.165) is 12.1 Å². The number of hydroxylamine groups is 1. The Labute approximate surface area is 305 Å². The third-order valence-corrected chi connectivity index (χ3v) is 9.51. The summed E-state index contributed by atoms with van der Waals surface area (Å²) in [6.07, 6.45) is -3.86. The number of aldehydes is 1. The predicted octanol–water partition coefficient (Wildman–Crippen LogP) is 2.94. The highest BCUT2D eigenvalue weighted by Crippen LogP contribution is 2.34. The highest BCUT2D eigenvalue weighted by molar-refractivity contribution is 7.87. The number of nitrogens with one attached hydrogen (secondary N) is 3. The molecule has 1 aromatic heterocycles. The molecule has 0 aliphatic carbocycles. The number of carbonyl (C=O) groups is 4. The van der Waals surface area contributed by atoms with Crippen LogP contribution in [0.5, 0.6) is 17.2 Å². The first kappa shape index (κ1) is 42.1. The van der Waals surface area contributed by atoms with Crippen LogP contribution < -0.4 is 37.1 Å². The van der Waals surface area contributed by atoms with E-state index >= 15 is 0 Å². The van der Waals surface area contributed by atoms with Crippen molar-refractivity contribution in [2.75, 3.05) is 38.1 Å². The summed E-state index contributed by atoms with van der Waals surface area (Å²) >= 11 is 0. The quantitative estimate of drug-likeness (QED) is 0.0936. The number of alkyl halides is 3. The van der Waals surface area contributed by atoms with Crippen LogP contribution in [0.2, 0.25) is 0 Å². The van der Waals surface area contributed by atoms with Gasteiger partial charge in [0.1, 0.15) is 27.7 Å². The van der Waals surface area contributed by atoms with E-state index in [1.54, 1.807) is 17.4 Å². The van der Waals surface area contributed by atoms with Crippen LogP contribution in [-0.4, -0.2) is 91.6 Å². The van der Waals surface area contributed by atoms with Gasteiger partial charge in [0.25, 0.3) is 11.8 Å². The monoisotopic (exact) mass is 766 g/mol. The van der Waals surface area contributed by atoms with E-state index in [9.17, 15) is 41.8 Å². The molecule has 3 aromatic rings.